The van der Waals surface area contributed by atoms with E-state index < -0.39 is 5.91 Å². The van der Waals surface area contributed by atoms with Crippen LogP contribution in [0.5, 0.6) is 5.75 Å². The van der Waals surface area contributed by atoms with Crippen molar-refractivity contribution in [1.29, 1.82) is 5.26 Å². The Morgan fingerprint density at radius 1 is 0.903 bits per heavy atom. The molecule has 0 bridgehead atoms. The van der Waals surface area contributed by atoms with E-state index in [4.69, 9.17) is 4.74 Å². The maximum atomic E-state index is 12.3. The van der Waals surface area contributed by atoms with Gasteiger partial charge in [0.2, 0.25) is 0 Å². The standard InChI is InChI=1S/C24H18BrN3O3/c25-19-8-10-21(11-9-19)27-23(29)16-31-22-12-6-17(7-13-22)14-18(15-26)24(30)28-20-4-2-1-3-5-20/h1-14H,16H2,(H,27,29)(H,28,30)/b18-14+. The number of anilines is 2. The minimum atomic E-state index is -0.487. The molecule has 0 fully saturated rings. The quantitative estimate of drug-likeness (QED) is 0.371. The first-order chi connectivity index (χ1) is 15.0. The van der Waals surface area contributed by atoms with Gasteiger partial charge in [-0.1, -0.05) is 46.3 Å². The zero-order valence-corrected chi connectivity index (χ0v) is 17.9. The predicted molar refractivity (Wildman–Crippen MR) is 123 cm³/mol. The number of hydrogen-bond acceptors (Lipinski definition) is 4. The highest BCUT2D eigenvalue weighted by molar-refractivity contribution is 9.10. The van der Waals surface area contributed by atoms with Gasteiger partial charge < -0.3 is 15.4 Å². The summed E-state index contributed by atoms with van der Waals surface area (Å²) in [6, 6.07) is 24.8. The number of halogens is 1. The number of rotatable bonds is 7. The van der Waals surface area contributed by atoms with E-state index in [1.807, 2.05) is 24.3 Å². The van der Waals surface area contributed by atoms with Crippen LogP contribution < -0.4 is 15.4 Å². The Morgan fingerprint density at radius 2 is 1.55 bits per heavy atom. The lowest BCUT2D eigenvalue weighted by atomic mass is 10.1. The van der Waals surface area contributed by atoms with Crippen molar-refractivity contribution in [1.82, 2.24) is 0 Å². The molecule has 0 saturated carbocycles. The van der Waals surface area contributed by atoms with Crippen LogP contribution in [0.3, 0.4) is 0 Å². The third kappa shape index (κ3) is 6.84. The molecule has 3 aromatic rings. The van der Waals surface area contributed by atoms with Crippen molar-refractivity contribution in [2.24, 2.45) is 0 Å². The second-order valence-electron chi connectivity index (χ2n) is 6.40. The third-order valence-electron chi connectivity index (χ3n) is 4.09. The van der Waals surface area contributed by atoms with Gasteiger partial charge in [-0.25, -0.2) is 0 Å². The molecule has 0 aliphatic rings. The maximum Gasteiger partial charge on any atom is 0.266 e. The lowest BCUT2D eigenvalue weighted by Gasteiger charge is -2.08. The van der Waals surface area contributed by atoms with Crippen molar-refractivity contribution in [3.8, 4) is 11.8 Å². The molecule has 0 spiro atoms. The van der Waals surface area contributed by atoms with E-state index in [0.717, 1.165) is 4.47 Å². The molecule has 0 atom stereocenters. The van der Waals surface area contributed by atoms with E-state index in [9.17, 15) is 14.9 Å². The molecule has 0 unspecified atom stereocenters. The minimum absolute atomic E-state index is 0.0219. The van der Waals surface area contributed by atoms with Crippen LogP contribution in [-0.4, -0.2) is 18.4 Å². The van der Waals surface area contributed by atoms with Crippen molar-refractivity contribution >= 4 is 45.2 Å². The number of nitrogens with zero attached hydrogens (tertiary/aromatic N) is 1. The first-order valence-electron chi connectivity index (χ1n) is 9.30. The summed E-state index contributed by atoms with van der Waals surface area (Å²) < 4.78 is 6.41. The smallest absolute Gasteiger partial charge is 0.266 e. The van der Waals surface area contributed by atoms with Gasteiger partial charge in [-0.3, -0.25) is 9.59 Å². The van der Waals surface area contributed by atoms with E-state index in [0.29, 0.717) is 22.7 Å². The second-order valence-corrected chi connectivity index (χ2v) is 7.32. The number of carbonyl (C=O) groups excluding carboxylic acids is 2. The van der Waals surface area contributed by atoms with Crippen LogP contribution in [-0.2, 0) is 9.59 Å². The van der Waals surface area contributed by atoms with E-state index >= 15 is 0 Å². The van der Waals surface area contributed by atoms with E-state index in [1.54, 1.807) is 60.7 Å². The van der Waals surface area contributed by atoms with Gasteiger partial charge in [-0.2, -0.15) is 5.26 Å². The summed E-state index contributed by atoms with van der Waals surface area (Å²) in [6.07, 6.45) is 1.49. The Kier molecular flexibility index (Phi) is 7.57. The van der Waals surface area contributed by atoms with Gasteiger partial charge in [0.15, 0.2) is 6.61 Å². The Balaban J connectivity index is 1.56. The molecule has 0 aromatic heterocycles. The molecule has 31 heavy (non-hydrogen) atoms. The third-order valence-corrected chi connectivity index (χ3v) is 4.61. The van der Waals surface area contributed by atoms with Gasteiger partial charge >= 0.3 is 0 Å². The summed E-state index contributed by atoms with van der Waals surface area (Å²) in [7, 11) is 0. The fourth-order valence-electron chi connectivity index (χ4n) is 2.57. The van der Waals surface area contributed by atoms with Crippen molar-refractivity contribution in [3.63, 3.8) is 0 Å². The average molecular weight is 476 g/mol. The van der Waals surface area contributed by atoms with Crippen LogP contribution in [0.2, 0.25) is 0 Å². The van der Waals surface area contributed by atoms with Crippen molar-refractivity contribution < 1.29 is 14.3 Å². The normalized spacial score (nSPS) is 10.6. The average Bonchev–Trinajstić information content (AvgIpc) is 2.79. The summed E-state index contributed by atoms with van der Waals surface area (Å²) in [4.78, 5) is 24.3. The number of nitrogens with one attached hydrogen (secondary N) is 2. The Bertz CT molecular complexity index is 1120. The Labute approximate surface area is 188 Å². The van der Waals surface area contributed by atoms with E-state index in [2.05, 4.69) is 26.6 Å². The fraction of sp³-hybridized carbons (Fsp3) is 0.0417. The van der Waals surface area contributed by atoms with Crippen molar-refractivity contribution in [2.75, 3.05) is 17.2 Å². The first-order valence-corrected chi connectivity index (χ1v) is 10.1. The second kappa shape index (κ2) is 10.8. The lowest BCUT2D eigenvalue weighted by Crippen LogP contribution is -2.20. The summed E-state index contributed by atoms with van der Waals surface area (Å²) in [5.41, 5.74) is 1.92. The summed E-state index contributed by atoms with van der Waals surface area (Å²) in [5.74, 6) is -0.273. The molecular formula is C24H18BrN3O3. The number of benzene rings is 3. The molecule has 7 heteroatoms. The molecule has 0 heterocycles. The SMILES string of the molecule is N#C/C(=C\c1ccc(OCC(=O)Nc2ccc(Br)cc2)cc1)C(=O)Nc1ccccc1. The molecule has 2 N–H and O–H groups in total. The van der Waals surface area contributed by atoms with Gasteiger partial charge in [0.1, 0.15) is 17.4 Å². The van der Waals surface area contributed by atoms with Gasteiger partial charge in [0.05, 0.1) is 0 Å². The molecule has 3 rings (SSSR count). The summed E-state index contributed by atoms with van der Waals surface area (Å²) in [6.45, 7) is -0.145. The van der Waals surface area contributed by atoms with Crippen molar-refractivity contribution in [2.45, 2.75) is 0 Å². The topological polar surface area (TPSA) is 91.2 Å². The molecule has 0 aliphatic heterocycles. The zero-order chi connectivity index (χ0) is 22.1. The van der Waals surface area contributed by atoms with Gasteiger partial charge in [-0.05, 0) is 60.2 Å². The molecule has 154 valence electrons. The highest BCUT2D eigenvalue weighted by Gasteiger charge is 2.09. The molecule has 6 nitrogen and oxygen atoms in total. The highest BCUT2D eigenvalue weighted by Crippen LogP contribution is 2.17. The lowest BCUT2D eigenvalue weighted by molar-refractivity contribution is -0.118. The monoisotopic (exact) mass is 475 g/mol. The van der Waals surface area contributed by atoms with Gasteiger partial charge in [0.25, 0.3) is 11.8 Å². The predicted octanol–water partition coefficient (Wildman–Crippen LogP) is 5.01. The van der Waals surface area contributed by atoms with Crippen LogP contribution in [0.25, 0.3) is 6.08 Å². The van der Waals surface area contributed by atoms with Crippen LogP contribution in [0.4, 0.5) is 11.4 Å². The van der Waals surface area contributed by atoms with E-state index in [-0.39, 0.29) is 18.1 Å². The van der Waals surface area contributed by atoms with Crippen LogP contribution in [0, 0.1) is 11.3 Å². The first kappa shape index (κ1) is 21.8. The fourth-order valence-corrected chi connectivity index (χ4v) is 2.84. The maximum absolute atomic E-state index is 12.3. The molecule has 3 aromatic carbocycles. The molecule has 0 aliphatic carbocycles. The molecule has 0 radical (unpaired) electrons. The Hall–Kier alpha value is -3.89. The van der Waals surface area contributed by atoms with Crippen LogP contribution in [0.15, 0.2) is 88.9 Å². The number of ether oxygens (including phenoxy) is 1. The van der Waals surface area contributed by atoms with Crippen LogP contribution >= 0.6 is 15.9 Å². The van der Waals surface area contributed by atoms with E-state index in [1.165, 1.54) is 6.08 Å². The Morgan fingerprint density at radius 3 is 2.19 bits per heavy atom. The number of nitriles is 1. The molecular weight excluding hydrogens is 458 g/mol. The van der Waals surface area contributed by atoms with Gasteiger partial charge in [-0.15, -0.1) is 0 Å². The summed E-state index contributed by atoms with van der Waals surface area (Å²) in [5, 5.41) is 14.7. The number of para-hydroxylation sites is 1. The van der Waals surface area contributed by atoms with Crippen molar-refractivity contribution in [3.05, 3.63) is 94.5 Å². The number of hydrogen-bond donors (Lipinski definition) is 2. The van der Waals surface area contributed by atoms with Crippen LogP contribution in [0.1, 0.15) is 5.56 Å². The minimum Gasteiger partial charge on any atom is -0.484 e. The molecule has 2 amide bonds. The summed E-state index contributed by atoms with van der Waals surface area (Å²) >= 11 is 3.34. The zero-order valence-electron chi connectivity index (χ0n) is 16.3. The number of amides is 2. The molecule has 0 saturated heterocycles. The highest BCUT2D eigenvalue weighted by atomic mass is 79.9. The largest absolute Gasteiger partial charge is 0.484 e. The number of carbonyl (C=O) groups is 2. The van der Waals surface area contributed by atoms with Gasteiger partial charge in [0, 0.05) is 15.8 Å².